The van der Waals surface area contributed by atoms with Crippen LogP contribution in [0.4, 0.5) is 22.0 Å². The van der Waals surface area contributed by atoms with Crippen LogP contribution in [0.3, 0.4) is 0 Å². The van der Waals surface area contributed by atoms with Gasteiger partial charge in [0.1, 0.15) is 11.9 Å². The smallest absolute Gasteiger partial charge is 0.434 e. The van der Waals surface area contributed by atoms with Crippen LogP contribution in [-0.2, 0) is 6.18 Å². The summed E-state index contributed by atoms with van der Waals surface area (Å²) in [5, 5.41) is 0. The molecule has 0 spiro atoms. The van der Waals surface area contributed by atoms with Gasteiger partial charge in [0.15, 0.2) is 17.3 Å². The van der Waals surface area contributed by atoms with Crippen LogP contribution in [-0.4, -0.2) is 49.4 Å². The summed E-state index contributed by atoms with van der Waals surface area (Å²) in [6.45, 7) is 0.419. The SMILES string of the molecule is O=C(c1cccc(F)c1-c1ncc(F)cn1)N1C[C@H]2CC[C@H]1[C@H](Oc1cnc(C(F)(F)F)cn1)C2. The lowest BCUT2D eigenvalue weighted by Crippen LogP contribution is -2.59. The van der Waals surface area contributed by atoms with Crippen molar-refractivity contribution < 1.29 is 31.5 Å². The van der Waals surface area contributed by atoms with Crippen molar-refractivity contribution in [2.45, 2.75) is 37.6 Å². The molecular formula is C23H18F5N5O2. The second-order valence-corrected chi connectivity index (χ2v) is 8.49. The highest BCUT2D eigenvalue weighted by atomic mass is 19.4. The third-order valence-corrected chi connectivity index (χ3v) is 6.26. The van der Waals surface area contributed by atoms with E-state index in [2.05, 4.69) is 19.9 Å². The maximum atomic E-state index is 14.8. The minimum atomic E-state index is -4.62. The Morgan fingerprint density at radius 2 is 1.77 bits per heavy atom. The van der Waals surface area contributed by atoms with E-state index in [4.69, 9.17) is 4.74 Å². The summed E-state index contributed by atoms with van der Waals surface area (Å²) in [6, 6.07) is 3.61. The van der Waals surface area contributed by atoms with Crippen LogP contribution < -0.4 is 4.74 Å². The number of fused-ring (bicyclic) bond motifs is 3. The normalized spacial score (nSPS) is 21.7. The molecule has 3 aliphatic rings. The number of rotatable bonds is 4. The highest BCUT2D eigenvalue weighted by molar-refractivity contribution is 6.00. The molecule has 0 radical (unpaired) electrons. The molecule has 2 bridgehead atoms. The topological polar surface area (TPSA) is 81.1 Å². The molecule has 0 unspecified atom stereocenters. The molecule has 1 aliphatic carbocycles. The number of carbonyl (C=O) groups is 1. The number of hydrogen-bond acceptors (Lipinski definition) is 6. The van der Waals surface area contributed by atoms with Crippen LogP contribution >= 0.6 is 0 Å². The van der Waals surface area contributed by atoms with Crippen LogP contribution in [0.15, 0.2) is 43.0 Å². The number of nitrogens with zero attached hydrogens (tertiary/aromatic N) is 5. The molecule has 6 rings (SSSR count). The van der Waals surface area contributed by atoms with Gasteiger partial charge in [-0.2, -0.15) is 13.2 Å². The molecule has 3 atom stereocenters. The molecule has 1 saturated carbocycles. The molecular weight excluding hydrogens is 473 g/mol. The number of hydrogen-bond donors (Lipinski definition) is 0. The van der Waals surface area contributed by atoms with Gasteiger partial charge in [-0.3, -0.25) is 4.79 Å². The average Bonchev–Trinajstić information content (AvgIpc) is 2.84. The van der Waals surface area contributed by atoms with Crippen molar-refractivity contribution in [3.05, 3.63) is 65.9 Å². The number of piperidine rings is 2. The van der Waals surface area contributed by atoms with E-state index in [0.29, 0.717) is 25.6 Å². The molecule has 182 valence electrons. The molecule has 2 saturated heterocycles. The summed E-state index contributed by atoms with van der Waals surface area (Å²) >= 11 is 0. The molecule has 1 amide bonds. The Labute approximate surface area is 196 Å². The van der Waals surface area contributed by atoms with E-state index < -0.39 is 41.6 Å². The fourth-order valence-electron chi connectivity index (χ4n) is 4.70. The van der Waals surface area contributed by atoms with Crippen LogP contribution in [0.5, 0.6) is 5.88 Å². The Morgan fingerprint density at radius 3 is 2.43 bits per heavy atom. The third kappa shape index (κ3) is 4.52. The van der Waals surface area contributed by atoms with E-state index >= 15 is 0 Å². The van der Waals surface area contributed by atoms with Gasteiger partial charge in [-0.25, -0.2) is 28.7 Å². The zero-order valence-corrected chi connectivity index (χ0v) is 18.0. The molecule has 7 nitrogen and oxygen atoms in total. The maximum absolute atomic E-state index is 14.8. The molecule has 1 aromatic carbocycles. The predicted octanol–water partition coefficient (Wildman–Crippen LogP) is 4.30. The quantitative estimate of drug-likeness (QED) is 0.507. The fourth-order valence-corrected chi connectivity index (χ4v) is 4.70. The van der Waals surface area contributed by atoms with Gasteiger partial charge in [0, 0.05) is 6.54 Å². The summed E-state index contributed by atoms with van der Waals surface area (Å²) in [7, 11) is 0. The first-order valence-electron chi connectivity index (χ1n) is 10.8. The van der Waals surface area contributed by atoms with E-state index in [1.54, 1.807) is 4.90 Å². The van der Waals surface area contributed by atoms with Crippen LogP contribution in [0.25, 0.3) is 11.4 Å². The summed E-state index contributed by atoms with van der Waals surface area (Å²) < 4.78 is 72.2. The van der Waals surface area contributed by atoms with Crippen molar-refractivity contribution in [3.63, 3.8) is 0 Å². The third-order valence-electron chi connectivity index (χ3n) is 6.26. The summed E-state index contributed by atoms with van der Waals surface area (Å²) in [4.78, 5) is 29.9. The summed E-state index contributed by atoms with van der Waals surface area (Å²) in [5.74, 6) is -1.99. The van der Waals surface area contributed by atoms with Crippen molar-refractivity contribution in [3.8, 4) is 17.3 Å². The first-order chi connectivity index (χ1) is 16.7. The number of aromatic nitrogens is 4. The van der Waals surface area contributed by atoms with Crippen LogP contribution in [0.1, 0.15) is 35.3 Å². The average molecular weight is 491 g/mol. The van der Waals surface area contributed by atoms with Gasteiger partial charge in [-0.05, 0) is 37.3 Å². The lowest BCUT2D eigenvalue weighted by molar-refractivity contribution is -0.141. The van der Waals surface area contributed by atoms with Crippen molar-refractivity contribution in [2.24, 2.45) is 5.92 Å². The van der Waals surface area contributed by atoms with E-state index in [1.807, 2.05) is 0 Å². The lowest BCUT2D eigenvalue weighted by Gasteiger charge is -2.49. The Kier molecular flexibility index (Phi) is 5.81. The van der Waals surface area contributed by atoms with Gasteiger partial charge in [-0.15, -0.1) is 0 Å². The van der Waals surface area contributed by atoms with Gasteiger partial charge >= 0.3 is 6.18 Å². The Bertz CT molecular complexity index is 1240. The fraction of sp³-hybridized carbons (Fsp3) is 0.348. The molecule has 12 heteroatoms. The lowest BCUT2D eigenvalue weighted by atomic mass is 9.77. The highest BCUT2D eigenvalue weighted by Crippen LogP contribution is 2.39. The number of carbonyl (C=O) groups excluding carboxylic acids is 1. The van der Waals surface area contributed by atoms with Crippen LogP contribution in [0.2, 0.25) is 0 Å². The Hall–Kier alpha value is -3.70. The van der Waals surface area contributed by atoms with Crippen molar-refractivity contribution in [2.75, 3.05) is 6.54 Å². The van der Waals surface area contributed by atoms with Gasteiger partial charge in [0.25, 0.3) is 5.91 Å². The van der Waals surface area contributed by atoms with E-state index in [9.17, 15) is 26.7 Å². The number of halogens is 5. The molecule has 3 fully saturated rings. The Morgan fingerprint density at radius 1 is 1.00 bits per heavy atom. The first kappa shape index (κ1) is 23.1. The van der Waals surface area contributed by atoms with E-state index in [-0.39, 0.29) is 28.7 Å². The van der Waals surface area contributed by atoms with E-state index in [0.717, 1.165) is 31.1 Å². The van der Waals surface area contributed by atoms with Crippen molar-refractivity contribution in [1.82, 2.24) is 24.8 Å². The minimum Gasteiger partial charge on any atom is -0.471 e. The van der Waals surface area contributed by atoms with Crippen molar-refractivity contribution in [1.29, 1.82) is 0 Å². The maximum Gasteiger partial charge on any atom is 0.434 e. The first-order valence-corrected chi connectivity index (χ1v) is 10.8. The van der Waals surface area contributed by atoms with Gasteiger partial charge in [0.05, 0.1) is 42.0 Å². The number of amides is 1. The van der Waals surface area contributed by atoms with Gasteiger partial charge in [0.2, 0.25) is 5.88 Å². The summed E-state index contributed by atoms with van der Waals surface area (Å²) in [6.07, 6.45) is 0.202. The summed E-state index contributed by atoms with van der Waals surface area (Å²) in [5.41, 5.74) is -1.24. The molecule has 2 aromatic heterocycles. The zero-order chi connectivity index (χ0) is 24.7. The standard InChI is InChI=1S/C23H18F5N5O2/c24-13-7-31-21(32-8-13)20-14(2-1-3-15(20)25)22(34)33-11-12-4-5-16(33)17(6-12)35-19-10-29-18(9-30-19)23(26,27)28/h1-3,7-10,12,16-17H,4-6,11H2/t12-,16-,17+/m0/s1. The number of ether oxygens (including phenoxy) is 1. The van der Waals surface area contributed by atoms with Crippen LogP contribution in [0, 0.1) is 17.6 Å². The second kappa shape index (κ2) is 8.82. The van der Waals surface area contributed by atoms with Crippen molar-refractivity contribution >= 4 is 5.91 Å². The molecule has 2 aliphatic heterocycles. The van der Waals surface area contributed by atoms with Gasteiger partial charge in [-0.1, -0.05) is 6.07 Å². The number of alkyl halides is 3. The molecule has 4 heterocycles. The second-order valence-electron chi connectivity index (χ2n) is 8.49. The molecule has 0 N–H and O–H groups in total. The zero-order valence-electron chi connectivity index (χ0n) is 18.0. The van der Waals surface area contributed by atoms with E-state index in [1.165, 1.54) is 12.1 Å². The Balaban J connectivity index is 1.41. The monoisotopic (exact) mass is 491 g/mol. The molecule has 3 aromatic rings. The number of benzene rings is 1. The molecule has 35 heavy (non-hydrogen) atoms. The predicted molar refractivity (Wildman–Crippen MR) is 111 cm³/mol. The minimum absolute atomic E-state index is 0.0252. The highest BCUT2D eigenvalue weighted by Gasteiger charge is 2.45. The largest absolute Gasteiger partial charge is 0.471 e. The van der Waals surface area contributed by atoms with Gasteiger partial charge < -0.3 is 9.64 Å².